The molecular weight excluding hydrogens is 368 g/mol. The van der Waals surface area contributed by atoms with E-state index in [9.17, 15) is 9.59 Å². The summed E-state index contributed by atoms with van der Waals surface area (Å²) >= 11 is 0. The fraction of sp³-hybridized carbons (Fsp3) is 0.500. The predicted molar refractivity (Wildman–Crippen MR) is 108 cm³/mol. The van der Waals surface area contributed by atoms with Gasteiger partial charge in [-0.3, -0.25) is 14.7 Å². The van der Waals surface area contributed by atoms with Gasteiger partial charge in [0.15, 0.2) is 0 Å². The molecule has 4 rings (SSSR count). The maximum absolute atomic E-state index is 12.9. The zero-order valence-corrected chi connectivity index (χ0v) is 16.7. The first-order valence-corrected chi connectivity index (χ1v) is 10.5. The number of aromatic nitrogens is 2. The number of hydrogen-bond donors (Lipinski definition) is 1. The number of piperidine rings is 1. The van der Waals surface area contributed by atoms with E-state index in [-0.39, 0.29) is 17.9 Å². The Morgan fingerprint density at radius 3 is 2.69 bits per heavy atom. The molecule has 1 aromatic heterocycles. The number of aryl methyl sites for hydroxylation is 1. The molecule has 154 valence electrons. The summed E-state index contributed by atoms with van der Waals surface area (Å²) < 4.78 is 5.32. The van der Waals surface area contributed by atoms with Crippen LogP contribution in [0.4, 0.5) is 0 Å². The Kier molecular flexibility index (Phi) is 6.24. The number of rotatable bonds is 5. The van der Waals surface area contributed by atoms with E-state index in [4.69, 9.17) is 4.74 Å². The number of hydrogen-bond acceptors (Lipinski definition) is 4. The van der Waals surface area contributed by atoms with E-state index in [1.165, 1.54) is 5.56 Å². The number of carbonyl (C=O) groups is 2. The van der Waals surface area contributed by atoms with Crippen molar-refractivity contribution in [1.82, 2.24) is 20.0 Å². The Hall–Kier alpha value is -2.67. The third-order valence-electron chi connectivity index (χ3n) is 5.77. The molecule has 1 atom stereocenters. The molecular formula is C22H28N4O3. The zero-order chi connectivity index (χ0) is 20.1. The van der Waals surface area contributed by atoms with Crippen LogP contribution in [0.1, 0.15) is 53.5 Å². The van der Waals surface area contributed by atoms with Crippen LogP contribution in [0.25, 0.3) is 0 Å². The summed E-state index contributed by atoms with van der Waals surface area (Å²) in [6.07, 6.45) is 4.21. The average Bonchev–Trinajstić information content (AvgIpc) is 3.28. The van der Waals surface area contributed by atoms with Crippen LogP contribution in [0.2, 0.25) is 0 Å². The summed E-state index contributed by atoms with van der Waals surface area (Å²) in [6.45, 7) is 3.07. The van der Waals surface area contributed by atoms with Gasteiger partial charge in [0.25, 0.3) is 5.91 Å². The largest absolute Gasteiger partial charge is 0.378 e. The van der Waals surface area contributed by atoms with Crippen molar-refractivity contribution in [2.75, 3.05) is 32.8 Å². The molecule has 2 saturated heterocycles. The van der Waals surface area contributed by atoms with E-state index in [2.05, 4.69) is 22.3 Å². The number of benzene rings is 1. The lowest BCUT2D eigenvalue weighted by Gasteiger charge is -2.35. The molecule has 1 aromatic carbocycles. The highest BCUT2D eigenvalue weighted by Gasteiger charge is 2.30. The topological polar surface area (TPSA) is 78.5 Å². The fourth-order valence-electron chi connectivity index (χ4n) is 4.14. The molecule has 2 aliphatic heterocycles. The van der Waals surface area contributed by atoms with Crippen molar-refractivity contribution in [2.24, 2.45) is 0 Å². The smallest absolute Gasteiger partial charge is 0.274 e. The van der Waals surface area contributed by atoms with Crippen LogP contribution in [0.5, 0.6) is 0 Å². The first kappa shape index (κ1) is 19.6. The van der Waals surface area contributed by atoms with Crippen molar-refractivity contribution >= 4 is 11.8 Å². The second kappa shape index (κ2) is 9.22. The van der Waals surface area contributed by atoms with Crippen LogP contribution in [0.3, 0.4) is 0 Å². The normalized spacial score (nSPS) is 19.9. The third-order valence-corrected chi connectivity index (χ3v) is 5.77. The van der Waals surface area contributed by atoms with E-state index < -0.39 is 0 Å². The molecule has 0 bridgehead atoms. The van der Waals surface area contributed by atoms with Gasteiger partial charge in [-0.2, -0.15) is 5.10 Å². The van der Waals surface area contributed by atoms with Gasteiger partial charge < -0.3 is 14.5 Å². The molecule has 0 spiro atoms. The molecule has 2 aromatic rings. The van der Waals surface area contributed by atoms with Gasteiger partial charge in [0, 0.05) is 26.1 Å². The van der Waals surface area contributed by atoms with E-state index >= 15 is 0 Å². The van der Waals surface area contributed by atoms with Gasteiger partial charge >= 0.3 is 0 Å². The number of ether oxygens (including phenoxy) is 1. The summed E-state index contributed by atoms with van der Waals surface area (Å²) in [6, 6.07) is 11.9. The summed E-state index contributed by atoms with van der Waals surface area (Å²) in [5.41, 5.74) is 2.45. The first-order chi connectivity index (χ1) is 14.2. The van der Waals surface area contributed by atoms with E-state index in [1.807, 2.05) is 29.2 Å². The second-order valence-electron chi connectivity index (χ2n) is 7.70. The minimum atomic E-state index is -0.0754. The maximum atomic E-state index is 12.9. The van der Waals surface area contributed by atoms with Gasteiger partial charge in [0.2, 0.25) is 5.91 Å². The molecule has 0 unspecified atom stereocenters. The van der Waals surface area contributed by atoms with Crippen LogP contribution < -0.4 is 0 Å². The highest BCUT2D eigenvalue weighted by atomic mass is 16.5. The lowest BCUT2D eigenvalue weighted by molar-refractivity contribution is -0.135. The highest BCUT2D eigenvalue weighted by molar-refractivity contribution is 5.92. The number of carbonyl (C=O) groups excluding carboxylic acids is 2. The van der Waals surface area contributed by atoms with Crippen molar-refractivity contribution < 1.29 is 14.3 Å². The third kappa shape index (κ3) is 4.67. The van der Waals surface area contributed by atoms with Crippen molar-refractivity contribution in [1.29, 1.82) is 0 Å². The van der Waals surface area contributed by atoms with Gasteiger partial charge in [-0.15, -0.1) is 0 Å². The lowest BCUT2D eigenvalue weighted by atomic mass is 9.98. The Morgan fingerprint density at radius 2 is 1.90 bits per heavy atom. The van der Waals surface area contributed by atoms with E-state index in [0.29, 0.717) is 38.4 Å². The molecule has 0 saturated carbocycles. The number of H-pyrrole nitrogens is 1. The number of nitrogens with one attached hydrogen (secondary N) is 1. The summed E-state index contributed by atoms with van der Waals surface area (Å²) in [4.78, 5) is 29.4. The monoisotopic (exact) mass is 396 g/mol. The molecule has 3 heterocycles. The highest BCUT2D eigenvalue weighted by Crippen LogP contribution is 2.31. The molecule has 2 amide bonds. The van der Waals surface area contributed by atoms with Gasteiger partial charge in [0.1, 0.15) is 5.69 Å². The predicted octanol–water partition coefficient (Wildman–Crippen LogP) is 2.57. The number of morpholine rings is 1. The number of likely N-dealkylation sites (tertiary alicyclic amines) is 1. The number of aromatic amines is 1. The van der Waals surface area contributed by atoms with Crippen LogP contribution in [-0.2, 0) is 16.0 Å². The van der Waals surface area contributed by atoms with Gasteiger partial charge in [-0.1, -0.05) is 30.3 Å². The van der Waals surface area contributed by atoms with Gasteiger partial charge in [-0.25, -0.2) is 0 Å². The van der Waals surface area contributed by atoms with Crippen LogP contribution in [0.15, 0.2) is 36.4 Å². The average molecular weight is 396 g/mol. The molecule has 29 heavy (non-hydrogen) atoms. The number of nitrogens with zero attached hydrogens (tertiary/aromatic N) is 3. The second-order valence-corrected chi connectivity index (χ2v) is 7.70. The molecule has 0 aliphatic carbocycles. The summed E-state index contributed by atoms with van der Waals surface area (Å²) in [5, 5.41) is 7.29. The number of amides is 2. The molecule has 0 radical (unpaired) electrons. The fourth-order valence-corrected chi connectivity index (χ4v) is 4.14. The zero-order valence-electron chi connectivity index (χ0n) is 16.7. The van der Waals surface area contributed by atoms with E-state index in [0.717, 1.165) is 37.9 Å². The minimum Gasteiger partial charge on any atom is -0.378 e. The molecule has 2 aliphatic rings. The van der Waals surface area contributed by atoms with Crippen molar-refractivity contribution in [2.45, 2.75) is 38.1 Å². The van der Waals surface area contributed by atoms with Crippen molar-refractivity contribution in [3.63, 3.8) is 0 Å². The lowest BCUT2D eigenvalue weighted by Crippen LogP contribution is -2.40. The Balaban J connectivity index is 1.42. The SMILES string of the molecule is O=C(c1cc([C@H]2CCCCN2C(=O)CCc2ccccc2)[nH]n1)N1CCOCC1. The first-order valence-electron chi connectivity index (χ1n) is 10.5. The van der Waals surface area contributed by atoms with E-state index in [1.54, 1.807) is 4.90 Å². The Labute approximate surface area is 171 Å². The standard InChI is InChI=1S/C22H28N4O3/c27-21(10-9-17-6-2-1-3-7-17)26-11-5-4-8-20(26)18-16-19(24-23-18)22(28)25-12-14-29-15-13-25/h1-3,6-7,16,20H,4-5,8-15H2,(H,23,24)/t20-/m1/s1. The molecule has 1 N–H and O–H groups in total. The van der Waals surface area contributed by atoms with Crippen molar-refractivity contribution in [3.05, 3.63) is 53.3 Å². The Morgan fingerprint density at radius 1 is 1.10 bits per heavy atom. The van der Waals surface area contributed by atoms with Gasteiger partial charge in [0.05, 0.1) is 24.9 Å². The molecule has 2 fully saturated rings. The maximum Gasteiger partial charge on any atom is 0.274 e. The summed E-state index contributed by atoms with van der Waals surface area (Å²) in [5.74, 6) is 0.0859. The molecule has 7 heteroatoms. The van der Waals surface area contributed by atoms with Crippen molar-refractivity contribution in [3.8, 4) is 0 Å². The van der Waals surface area contributed by atoms with Gasteiger partial charge in [-0.05, 0) is 37.3 Å². The molecule has 7 nitrogen and oxygen atoms in total. The summed E-state index contributed by atoms with van der Waals surface area (Å²) in [7, 11) is 0. The van der Waals surface area contributed by atoms with Crippen LogP contribution >= 0.6 is 0 Å². The van der Waals surface area contributed by atoms with Crippen LogP contribution in [0, 0.1) is 0 Å². The minimum absolute atomic E-state index is 0.0363. The Bertz CT molecular complexity index is 830. The van der Waals surface area contributed by atoms with Crippen LogP contribution in [-0.4, -0.2) is 64.7 Å². The quantitative estimate of drug-likeness (QED) is 0.843.